The number of Topliss-reactive ketones (excluding diaryl/α,β-unsaturated/α-hetero) is 1. The molecule has 4 heteroatoms. The van der Waals surface area contributed by atoms with Gasteiger partial charge >= 0.3 is 0 Å². The third-order valence-corrected chi connectivity index (χ3v) is 2.37. The minimum Gasteiger partial charge on any atom is -0.396 e. The monoisotopic (exact) mass is 279 g/mol. The van der Waals surface area contributed by atoms with E-state index < -0.39 is 5.82 Å². The van der Waals surface area contributed by atoms with E-state index in [4.69, 9.17) is 5.73 Å². The fourth-order valence-corrected chi connectivity index (χ4v) is 1.69. The molecule has 0 saturated heterocycles. The molecule has 1 rings (SSSR count). The molecular formula is C8H7FINO. The van der Waals surface area contributed by atoms with E-state index in [2.05, 4.69) is 0 Å². The molecule has 0 saturated carbocycles. The van der Waals surface area contributed by atoms with Crippen molar-refractivity contribution in [3.63, 3.8) is 0 Å². The van der Waals surface area contributed by atoms with Crippen LogP contribution < -0.4 is 5.73 Å². The predicted molar refractivity (Wildman–Crippen MR) is 53.5 cm³/mol. The molecule has 0 aliphatic rings. The van der Waals surface area contributed by atoms with Gasteiger partial charge in [0, 0.05) is 3.57 Å². The number of ketones is 1. The van der Waals surface area contributed by atoms with Crippen LogP contribution in [0.15, 0.2) is 12.1 Å². The van der Waals surface area contributed by atoms with Gasteiger partial charge < -0.3 is 5.73 Å². The molecule has 0 aliphatic heterocycles. The zero-order chi connectivity index (χ0) is 9.30. The Kier molecular flexibility index (Phi) is 2.66. The van der Waals surface area contributed by atoms with Crippen LogP contribution in [0.2, 0.25) is 0 Å². The highest BCUT2D eigenvalue weighted by molar-refractivity contribution is 14.1. The van der Waals surface area contributed by atoms with Crippen LogP contribution in [0.25, 0.3) is 0 Å². The Morgan fingerprint density at radius 1 is 1.58 bits per heavy atom. The average molecular weight is 279 g/mol. The van der Waals surface area contributed by atoms with Crippen molar-refractivity contribution in [2.45, 2.75) is 6.92 Å². The molecule has 0 aliphatic carbocycles. The highest BCUT2D eigenvalue weighted by Crippen LogP contribution is 2.21. The first kappa shape index (κ1) is 9.44. The molecule has 1 aromatic rings. The molecule has 0 aromatic heterocycles. The summed E-state index contributed by atoms with van der Waals surface area (Å²) in [6, 6.07) is 3.07. The van der Waals surface area contributed by atoms with Crippen LogP contribution in [0, 0.1) is 9.39 Å². The van der Waals surface area contributed by atoms with E-state index in [1.165, 1.54) is 13.0 Å². The minimum absolute atomic E-state index is 0.0145. The van der Waals surface area contributed by atoms with Crippen molar-refractivity contribution < 1.29 is 9.18 Å². The first-order chi connectivity index (χ1) is 5.54. The van der Waals surface area contributed by atoms with Crippen LogP contribution >= 0.6 is 22.6 Å². The van der Waals surface area contributed by atoms with Gasteiger partial charge in [-0.1, -0.05) is 0 Å². The maximum Gasteiger partial charge on any atom is 0.163 e. The Morgan fingerprint density at radius 3 is 2.58 bits per heavy atom. The lowest BCUT2D eigenvalue weighted by Gasteiger charge is -2.03. The number of hydrogen-bond donors (Lipinski definition) is 1. The van der Waals surface area contributed by atoms with Gasteiger partial charge in [0.2, 0.25) is 0 Å². The summed E-state index contributed by atoms with van der Waals surface area (Å²) in [4.78, 5) is 10.9. The zero-order valence-corrected chi connectivity index (χ0v) is 8.55. The molecule has 64 valence electrons. The smallest absolute Gasteiger partial charge is 0.163 e. The maximum atomic E-state index is 13.2. The van der Waals surface area contributed by atoms with E-state index in [0.29, 0.717) is 3.57 Å². The molecule has 2 N–H and O–H groups in total. The summed E-state index contributed by atoms with van der Waals surface area (Å²) in [7, 11) is 0. The van der Waals surface area contributed by atoms with Crippen LogP contribution in [-0.4, -0.2) is 5.78 Å². The fourth-order valence-electron chi connectivity index (χ4n) is 0.891. The fraction of sp³-hybridized carbons (Fsp3) is 0.125. The highest BCUT2D eigenvalue weighted by atomic mass is 127. The minimum atomic E-state index is -0.616. The third-order valence-electron chi connectivity index (χ3n) is 1.47. The van der Waals surface area contributed by atoms with Crippen molar-refractivity contribution in [2.75, 3.05) is 5.73 Å². The van der Waals surface area contributed by atoms with Crippen molar-refractivity contribution in [1.29, 1.82) is 0 Å². The van der Waals surface area contributed by atoms with Crippen LogP contribution in [0.4, 0.5) is 10.1 Å². The Hall–Kier alpha value is -0.650. The maximum absolute atomic E-state index is 13.2. The SMILES string of the molecule is CC(=O)c1c(I)ccc(N)c1F. The number of benzene rings is 1. The van der Waals surface area contributed by atoms with Crippen molar-refractivity contribution >= 4 is 34.1 Å². The van der Waals surface area contributed by atoms with Gasteiger partial charge in [0.1, 0.15) is 0 Å². The van der Waals surface area contributed by atoms with Crippen LogP contribution in [0.3, 0.4) is 0 Å². The highest BCUT2D eigenvalue weighted by Gasteiger charge is 2.13. The summed E-state index contributed by atoms with van der Waals surface area (Å²) in [5, 5.41) is 0. The molecule has 0 amide bonds. The zero-order valence-electron chi connectivity index (χ0n) is 6.40. The second-order valence-corrected chi connectivity index (χ2v) is 3.54. The van der Waals surface area contributed by atoms with E-state index in [-0.39, 0.29) is 17.0 Å². The Bertz CT molecular complexity index is 338. The number of nitrogens with two attached hydrogens (primary N) is 1. The lowest BCUT2D eigenvalue weighted by Crippen LogP contribution is -2.03. The standard InChI is InChI=1S/C8H7FINO/c1-4(12)7-5(10)2-3-6(11)8(7)9/h2-3H,11H2,1H3. The molecule has 12 heavy (non-hydrogen) atoms. The second-order valence-electron chi connectivity index (χ2n) is 2.38. The van der Waals surface area contributed by atoms with E-state index >= 15 is 0 Å². The first-order valence-corrected chi connectivity index (χ1v) is 4.36. The van der Waals surface area contributed by atoms with Crippen LogP contribution in [-0.2, 0) is 0 Å². The largest absolute Gasteiger partial charge is 0.396 e. The third kappa shape index (κ3) is 1.57. The first-order valence-electron chi connectivity index (χ1n) is 3.28. The summed E-state index contributed by atoms with van der Waals surface area (Å²) in [6.45, 7) is 1.32. The lowest BCUT2D eigenvalue weighted by atomic mass is 10.1. The number of anilines is 1. The second kappa shape index (κ2) is 3.38. The van der Waals surface area contributed by atoms with Crippen LogP contribution in [0.1, 0.15) is 17.3 Å². The average Bonchev–Trinajstić information content (AvgIpc) is 1.97. The van der Waals surface area contributed by atoms with Crippen molar-refractivity contribution in [3.8, 4) is 0 Å². The molecule has 0 unspecified atom stereocenters. The van der Waals surface area contributed by atoms with Crippen molar-refractivity contribution in [3.05, 3.63) is 27.1 Å². The number of nitrogen functional groups attached to an aromatic ring is 1. The lowest BCUT2D eigenvalue weighted by molar-refractivity contribution is 0.101. The van der Waals surface area contributed by atoms with E-state index in [9.17, 15) is 9.18 Å². The molecule has 0 fully saturated rings. The van der Waals surface area contributed by atoms with Gasteiger partial charge in [-0.15, -0.1) is 0 Å². The summed E-state index contributed by atoms with van der Waals surface area (Å²) in [5.41, 5.74) is 5.39. The number of hydrogen-bond acceptors (Lipinski definition) is 2. The summed E-state index contributed by atoms with van der Waals surface area (Å²) < 4.78 is 13.8. The van der Waals surface area contributed by atoms with Gasteiger partial charge in [-0.2, -0.15) is 0 Å². The van der Waals surface area contributed by atoms with Gasteiger partial charge in [0.15, 0.2) is 11.6 Å². The number of rotatable bonds is 1. The van der Waals surface area contributed by atoms with Gasteiger partial charge in [0.25, 0.3) is 0 Å². The topological polar surface area (TPSA) is 43.1 Å². The Labute approximate surface area is 83.1 Å². The molecule has 0 bridgehead atoms. The molecule has 2 nitrogen and oxygen atoms in total. The van der Waals surface area contributed by atoms with Gasteiger partial charge in [-0.3, -0.25) is 4.79 Å². The predicted octanol–water partition coefficient (Wildman–Crippen LogP) is 2.22. The normalized spacial score (nSPS) is 9.92. The van der Waals surface area contributed by atoms with Crippen molar-refractivity contribution in [2.24, 2.45) is 0 Å². The van der Waals surface area contributed by atoms with Crippen molar-refractivity contribution in [1.82, 2.24) is 0 Å². The molecule has 0 heterocycles. The number of carbonyl (C=O) groups is 1. The molecule has 0 spiro atoms. The Balaban J connectivity index is 3.43. The summed E-state index contributed by atoms with van der Waals surface area (Å²) in [6.07, 6.45) is 0. The molecular weight excluding hydrogens is 272 g/mol. The molecule has 1 aromatic carbocycles. The van der Waals surface area contributed by atoms with E-state index in [0.717, 1.165) is 0 Å². The molecule has 0 radical (unpaired) electrons. The van der Waals surface area contributed by atoms with E-state index in [1.54, 1.807) is 6.07 Å². The van der Waals surface area contributed by atoms with E-state index in [1.807, 2.05) is 22.6 Å². The quantitative estimate of drug-likeness (QED) is 0.486. The Morgan fingerprint density at radius 2 is 2.17 bits per heavy atom. The molecule has 0 atom stereocenters. The van der Waals surface area contributed by atoms with Crippen LogP contribution in [0.5, 0.6) is 0 Å². The summed E-state index contributed by atoms with van der Waals surface area (Å²) >= 11 is 1.90. The van der Waals surface area contributed by atoms with Gasteiger partial charge in [-0.25, -0.2) is 4.39 Å². The number of carbonyl (C=O) groups excluding carboxylic acids is 1. The van der Waals surface area contributed by atoms with Gasteiger partial charge in [0.05, 0.1) is 11.3 Å². The number of halogens is 2. The summed E-state index contributed by atoms with van der Waals surface area (Å²) in [5.74, 6) is -0.918. The van der Waals surface area contributed by atoms with Gasteiger partial charge in [-0.05, 0) is 41.6 Å².